The molecule has 0 aliphatic heterocycles. The van der Waals surface area contributed by atoms with Crippen LogP contribution in [0, 0.1) is 0 Å². The lowest BCUT2D eigenvalue weighted by Crippen LogP contribution is -2.15. The van der Waals surface area contributed by atoms with Gasteiger partial charge in [-0.05, 0) is 37.3 Å². The van der Waals surface area contributed by atoms with Crippen molar-refractivity contribution in [1.82, 2.24) is 0 Å². The molecule has 9 heteroatoms. The molecule has 0 atom stereocenters. The fourth-order valence-electron chi connectivity index (χ4n) is 2.03. The molecule has 0 saturated heterocycles. The molecule has 0 bridgehead atoms. The number of carbonyl (C=O) groups is 1. The average Bonchev–Trinajstić information content (AvgIpc) is 2.52. The largest absolute Gasteiger partial charge is 0.492 e. The van der Waals surface area contributed by atoms with Crippen molar-refractivity contribution in [2.45, 2.75) is 18.7 Å². The van der Waals surface area contributed by atoms with E-state index in [4.69, 9.17) is 27.9 Å². The molecule has 134 valence electrons. The van der Waals surface area contributed by atoms with E-state index in [0.717, 1.165) is 0 Å². The van der Waals surface area contributed by atoms with Gasteiger partial charge in [0.2, 0.25) is 5.91 Å². The number of rotatable bonds is 6. The van der Waals surface area contributed by atoms with Gasteiger partial charge in [-0.15, -0.1) is 0 Å². The second-order valence-electron chi connectivity index (χ2n) is 4.97. The number of benzene rings is 2. The number of sulfonamides is 1. The Morgan fingerprint density at radius 1 is 1.16 bits per heavy atom. The van der Waals surface area contributed by atoms with Crippen LogP contribution in [0.15, 0.2) is 41.3 Å². The number of halogens is 2. The van der Waals surface area contributed by atoms with Crippen LogP contribution in [0.1, 0.15) is 13.8 Å². The van der Waals surface area contributed by atoms with Crippen LogP contribution in [0.2, 0.25) is 10.0 Å². The van der Waals surface area contributed by atoms with Crippen LogP contribution in [-0.2, 0) is 14.8 Å². The van der Waals surface area contributed by atoms with Crippen molar-refractivity contribution in [3.05, 3.63) is 46.4 Å². The Morgan fingerprint density at radius 2 is 1.80 bits per heavy atom. The zero-order valence-electron chi connectivity index (χ0n) is 13.5. The number of hydrogen-bond donors (Lipinski definition) is 2. The number of carbonyl (C=O) groups excluding carboxylic acids is 1. The summed E-state index contributed by atoms with van der Waals surface area (Å²) in [7, 11) is -3.97. The van der Waals surface area contributed by atoms with Crippen LogP contribution < -0.4 is 14.8 Å². The average molecular weight is 403 g/mol. The summed E-state index contributed by atoms with van der Waals surface area (Å²) in [5.41, 5.74) is 0.336. The van der Waals surface area contributed by atoms with Gasteiger partial charge in [-0.1, -0.05) is 29.3 Å². The van der Waals surface area contributed by atoms with E-state index >= 15 is 0 Å². The first-order chi connectivity index (χ1) is 11.7. The second-order valence-corrected chi connectivity index (χ2v) is 7.47. The Balaban J connectivity index is 2.43. The minimum absolute atomic E-state index is 0.0734. The molecule has 6 nitrogen and oxygen atoms in total. The number of ether oxygens (including phenoxy) is 1. The van der Waals surface area contributed by atoms with E-state index in [9.17, 15) is 13.2 Å². The standard InChI is InChI=1S/C16H16Cl2N2O4S/c1-3-24-15-8-7-11(9-14(15)19-10(2)21)25(22,23)20-16-12(17)5-4-6-13(16)18/h4-9,20H,3H2,1-2H3,(H,19,21). The predicted molar refractivity (Wildman–Crippen MR) is 99.2 cm³/mol. The summed E-state index contributed by atoms with van der Waals surface area (Å²) in [4.78, 5) is 11.3. The molecule has 0 aliphatic rings. The zero-order valence-corrected chi connectivity index (χ0v) is 15.8. The molecule has 25 heavy (non-hydrogen) atoms. The van der Waals surface area contributed by atoms with Gasteiger partial charge >= 0.3 is 0 Å². The van der Waals surface area contributed by atoms with E-state index in [0.29, 0.717) is 12.4 Å². The van der Waals surface area contributed by atoms with Gasteiger partial charge in [-0.3, -0.25) is 9.52 Å². The lowest BCUT2D eigenvalue weighted by molar-refractivity contribution is -0.114. The fraction of sp³-hybridized carbons (Fsp3) is 0.188. The van der Waals surface area contributed by atoms with E-state index in [1.807, 2.05) is 0 Å². The highest BCUT2D eigenvalue weighted by atomic mass is 35.5. The number of hydrogen-bond acceptors (Lipinski definition) is 4. The van der Waals surface area contributed by atoms with Crippen molar-refractivity contribution in [3.63, 3.8) is 0 Å². The number of amides is 1. The molecule has 0 fully saturated rings. The SMILES string of the molecule is CCOc1ccc(S(=O)(=O)Nc2c(Cl)cccc2Cl)cc1NC(C)=O. The lowest BCUT2D eigenvalue weighted by Gasteiger charge is -2.14. The van der Waals surface area contributed by atoms with Crippen molar-refractivity contribution in [2.24, 2.45) is 0 Å². The van der Waals surface area contributed by atoms with Gasteiger partial charge in [-0.25, -0.2) is 8.42 Å². The van der Waals surface area contributed by atoms with E-state index in [1.165, 1.54) is 37.3 Å². The van der Waals surface area contributed by atoms with Gasteiger partial charge < -0.3 is 10.1 Å². The smallest absolute Gasteiger partial charge is 0.262 e. The zero-order chi connectivity index (χ0) is 18.6. The van der Waals surface area contributed by atoms with Crippen molar-refractivity contribution in [3.8, 4) is 5.75 Å². The van der Waals surface area contributed by atoms with Crippen LogP contribution >= 0.6 is 23.2 Å². The first-order valence-corrected chi connectivity index (χ1v) is 9.49. The minimum Gasteiger partial charge on any atom is -0.492 e. The molecule has 0 saturated carbocycles. The van der Waals surface area contributed by atoms with Crippen molar-refractivity contribution in [1.29, 1.82) is 0 Å². The van der Waals surface area contributed by atoms with Gasteiger partial charge in [0.1, 0.15) is 5.75 Å². The number of anilines is 2. The van der Waals surface area contributed by atoms with Gasteiger partial charge in [0, 0.05) is 6.92 Å². The molecule has 2 rings (SSSR count). The first kappa shape index (κ1) is 19.4. The quantitative estimate of drug-likeness (QED) is 0.759. The van der Waals surface area contributed by atoms with E-state index in [-0.39, 0.29) is 32.2 Å². The summed E-state index contributed by atoms with van der Waals surface area (Å²) in [6, 6.07) is 8.78. The van der Waals surface area contributed by atoms with Crippen molar-refractivity contribution in [2.75, 3.05) is 16.6 Å². The summed E-state index contributed by atoms with van der Waals surface area (Å²) in [6.07, 6.45) is 0. The summed E-state index contributed by atoms with van der Waals surface area (Å²) in [5.74, 6) is 0.0186. The van der Waals surface area contributed by atoms with E-state index < -0.39 is 10.0 Å². The maximum Gasteiger partial charge on any atom is 0.262 e. The van der Waals surface area contributed by atoms with Crippen LogP contribution in [0.3, 0.4) is 0 Å². The summed E-state index contributed by atoms with van der Waals surface area (Å²) < 4.78 is 33.0. The summed E-state index contributed by atoms with van der Waals surface area (Å²) in [6.45, 7) is 3.47. The molecule has 2 N–H and O–H groups in total. The van der Waals surface area contributed by atoms with Crippen LogP contribution in [0.4, 0.5) is 11.4 Å². The van der Waals surface area contributed by atoms with Crippen LogP contribution in [-0.4, -0.2) is 20.9 Å². The van der Waals surface area contributed by atoms with Crippen molar-refractivity contribution >= 4 is 50.5 Å². The molecule has 0 spiro atoms. The molecule has 0 aliphatic carbocycles. The fourth-order valence-corrected chi connectivity index (χ4v) is 3.76. The third-order valence-corrected chi connectivity index (χ3v) is 5.05. The minimum atomic E-state index is -3.97. The highest BCUT2D eigenvalue weighted by molar-refractivity contribution is 7.92. The van der Waals surface area contributed by atoms with Crippen molar-refractivity contribution < 1.29 is 17.9 Å². The maximum atomic E-state index is 12.6. The van der Waals surface area contributed by atoms with Gasteiger partial charge in [0.25, 0.3) is 10.0 Å². The van der Waals surface area contributed by atoms with Gasteiger partial charge in [0.15, 0.2) is 0 Å². The lowest BCUT2D eigenvalue weighted by atomic mass is 10.3. The molecule has 1 amide bonds. The molecular formula is C16H16Cl2N2O4S. The monoisotopic (exact) mass is 402 g/mol. The third kappa shape index (κ3) is 4.78. The Labute approximate surface area is 156 Å². The normalized spacial score (nSPS) is 11.0. The number of para-hydroxylation sites is 1. The Hall–Kier alpha value is -1.96. The third-order valence-electron chi connectivity index (χ3n) is 3.07. The maximum absolute atomic E-state index is 12.6. The van der Waals surface area contributed by atoms with E-state index in [1.54, 1.807) is 13.0 Å². The highest BCUT2D eigenvalue weighted by Gasteiger charge is 2.20. The molecule has 0 radical (unpaired) electrons. The molecule has 2 aromatic carbocycles. The number of nitrogens with one attached hydrogen (secondary N) is 2. The van der Waals surface area contributed by atoms with Gasteiger partial charge in [-0.2, -0.15) is 0 Å². The Kier molecular flexibility index (Phi) is 6.16. The molecule has 0 heterocycles. The molecule has 0 unspecified atom stereocenters. The Morgan fingerprint density at radius 3 is 2.36 bits per heavy atom. The Bertz CT molecular complexity index is 881. The van der Waals surface area contributed by atoms with E-state index in [2.05, 4.69) is 10.0 Å². The predicted octanol–water partition coefficient (Wildman–Crippen LogP) is 4.15. The molecule has 2 aromatic rings. The summed E-state index contributed by atoms with van der Waals surface area (Å²) in [5, 5.41) is 2.89. The molecule has 0 aromatic heterocycles. The van der Waals surface area contributed by atoms with Crippen LogP contribution in [0.25, 0.3) is 0 Å². The topological polar surface area (TPSA) is 84.5 Å². The van der Waals surface area contributed by atoms with Crippen LogP contribution in [0.5, 0.6) is 5.75 Å². The van der Waals surface area contributed by atoms with Gasteiger partial charge in [0.05, 0.1) is 32.9 Å². The second kappa shape index (κ2) is 7.95. The molecular weight excluding hydrogens is 387 g/mol. The highest BCUT2D eigenvalue weighted by Crippen LogP contribution is 2.33. The summed E-state index contributed by atoms with van der Waals surface area (Å²) >= 11 is 12.0. The first-order valence-electron chi connectivity index (χ1n) is 7.26.